The van der Waals surface area contributed by atoms with Gasteiger partial charge >= 0.3 is 6.18 Å². The monoisotopic (exact) mass is 438 g/mol. The van der Waals surface area contributed by atoms with Crippen LogP contribution in [0, 0.1) is 0 Å². The van der Waals surface area contributed by atoms with Crippen LogP contribution in [0.5, 0.6) is 0 Å². The smallest absolute Gasteiger partial charge is 0.406 e. The molecule has 2 saturated heterocycles. The number of hydrogen-bond acceptors (Lipinski definition) is 6. The van der Waals surface area contributed by atoms with Gasteiger partial charge in [-0.25, -0.2) is 8.42 Å². The molecule has 2 fully saturated rings. The number of alkyl halides is 3. The molecule has 164 valence electrons. The van der Waals surface area contributed by atoms with Crippen LogP contribution in [0.3, 0.4) is 0 Å². The largest absolute Gasteiger partial charge is 0.467 e. The van der Waals surface area contributed by atoms with E-state index in [1.54, 1.807) is 11.0 Å². The van der Waals surface area contributed by atoms with Gasteiger partial charge in [0.25, 0.3) is 0 Å². The van der Waals surface area contributed by atoms with Gasteiger partial charge < -0.3 is 14.1 Å². The zero-order valence-corrected chi connectivity index (χ0v) is 16.8. The average molecular weight is 438 g/mol. The number of amides is 1. The molecule has 0 aliphatic carbocycles. The van der Waals surface area contributed by atoms with E-state index in [0.29, 0.717) is 24.5 Å². The lowest BCUT2D eigenvalue weighted by Crippen LogP contribution is -2.49. The first kappa shape index (κ1) is 22.1. The first-order valence-corrected chi connectivity index (χ1v) is 11.4. The Kier molecular flexibility index (Phi) is 6.90. The quantitative estimate of drug-likeness (QED) is 0.616. The van der Waals surface area contributed by atoms with E-state index in [9.17, 15) is 26.4 Å². The van der Waals surface area contributed by atoms with Crippen LogP contribution in [0.15, 0.2) is 22.8 Å². The molecule has 0 spiro atoms. The van der Waals surface area contributed by atoms with Gasteiger partial charge in [0.2, 0.25) is 5.91 Å². The van der Waals surface area contributed by atoms with Crippen molar-refractivity contribution in [3.63, 3.8) is 0 Å². The van der Waals surface area contributed by atoms with Crippen molar-refractivity contribution in [2.45, 2.75) is 44.1 Å². The number of rotatable bonds is 8. The Morgan fingerprint density at radius 2 is 2.07 bits per heavy atom. The molecule has 1 aromatic heterocycles. The third-order valence-corrected chi connectivity index (χ3v) is 6.93. The fourth-order valence-corrected chi connectivity index (χ4v) is 5.53. The lowest BCUT2D eigenvalue weighted by molar-refractivity contribution is -0.164. The van der Waals surface area contributed by atoms with Gasteiger partial charge in [-0.1, -0.05) is 0 Å². The molecule has 0 aromatic carbocycles. The molecule has 0 radical (unpaired) electrons. The van der Waals surface area contributed by atoms with Crippen LogP contribution in [-0.4, -0.2) is 80.2 Å². The molecule has 2 atom stereocenters. The summed E-state index contributed by atoms with van der Waals surface area (Å²) in [5, 5.41) is 0. The molecule has 2 unspecified atom stereocenters. The SMILES string of the molecule is O=C(CN(CC1CCCO1)C1CCS(=O)(=O)C1)N(Cc1ccco1)CC(F)(F)F. The summed E-state index contributed by atoms with van der Waals surface area (Å²) in [6.45, 7) is -1.08. The van der Waals surface area contributed by atoms with Crippen LogP contribution in [0.1, 0.15) is 25.0 Å². The first-order chi connectivity index (χ1) is 13.6. The summed E-state index contributed by atoms with van der Waals surface area (Å²) in [5.74, 6) is -0.547. The van der Waals surface area contributed by atoms with Crippen molar-refractivity contribution in [2.75, 3.05) is 37.7 Å². The Balaban J connectivity index is 1.72. The number of hydrogen-bond donors (Lipinski definition) is 0. The second-order valence-electron chi connectivity index (χ2n) is 7.57. The number of furan rings is 1. The van der Waals surface area contributed by atoms with Gasteiger partial charge in [-0.2, -0.15) is 13.2 Å². The predicted octanol–water partition coefficient (Wildman–Crippen LogP) is 1.84. The average Bonchev–Trinajstić information content (AvgIpc) is 3.34. The van der Waals surface area contributed by atoms with Gasteiger partial charge in [-0.3, -0.25) is 9.69 Å². The molecule has 7 nitrogen and oxygen atoms in total. The Morgan fingerprint density at radius 1 is 1.28 bits per heavy atom. The lowest BCUT2D eigenvalue weighted by atomic mass is 10.1. The van der Waals surface area contributed by atoms with E-state index in [1.165, 1.54) is 12.3 Å². The van der Waals surface area contributed by atoms with Crippen LogP contribution >= 0.6 is 0 Å². The summed E-state index contributed by atoms with van der Waals surface area (Å²) in [6.07, 6.45) is -1.36. The van der Waals surface area contributed by atoms with Crippen molar-refractivity contribution in [3.8, 4) is 0 Å². The number of carbonyl (C=O) groups excluding carboxylic acids is 1. The minimum Gasteiger partial charge on any atom is -0.467 e. The van der Waals surface area contributed by atoms with Crippen molar-refractivity contribution in [1.82, 2.24) is 9.80 Å². The van der Waals surface area contributed by atoms with E-state index in [1.807, 2.05) is 0 Å². The Hall–Kier alpha value is -1.59. The Morgan fingerprint density at radius 3 is 2.62 bits per heavy atom. The van der Waals surface area contributed by atoms with Crippen molar-refractivity contribution in [1.29, 1.82) is 0 Å². The zero-order valence-electron chi connectivity index (χ0n) is 15.9. The molecule has 29 heavy (non-hydrogen) atoms. The third-order valence-electron chi connectivity index (χ3n) is 5.17. The van der Waals surface area contributed by atoms with Gasteiger partial charge in [0, 0.05) is 19.2 Å². The number of nitrogens with zero attached hydrogens (tertiary/aromatic N) is 2. The van der Waals surface area contributed by atoms with Crippen molar-refractivity contribution in [2.24, 2.45) is 0 Å². The molecular weight excluding hydrogens is 413 g/mol. The number of sulfone groups is 1. The van der Waals surface area contributed by atoms with Crippen molar-refractivity contribution >= 4 is 15.7 Å². The molecule has 11 heteroatoms. The number of carbonyl (C=O) groups is 1. The maximum atomic E-state index is 13.0. The Labute approximate surface area is 167 Å². The standard InChI is InChI=1S/C18H25F3N2O5S/c19-18(20,21)13-23(10-16-4-2-7-28-16)17(24)11-22(9-15-3-1-6-27-15)14-5-8-29(25,26)12-14/h2,4,7,14-15H,1,3,5-6,8-13H2. The fourth-order valence-electron chi connectivity index (χ4n) is 3.77. The summed E-state index contributed by atoms with van der Waals surface area (Å²) < 4.78 is 73.5. The third kappa shape index (κ3) is 6.71. The fraction of sp³-hybridized carbons (Fsp3) is 0.722. The van der Waals surface area contributed by atoms with E-state index in [-0.39, 0.29) is 36.5 Å². The lowest BCUT2D eigenvalue weighted by Gasteiger charge is -2.32. The van der Waals surface area contributed by atoms with Crippen LogP contribution in [0.4, 0.5) is 13.2 Å². The van der Waals surface area contributed by atoms with Gasteiger partial charge in [-0.05, 0) is 31.4 Å². The van der Waals surface area contributed by atoms with E-state index in [4.69, 9.17) is 9.15 Å². The van der Waals surface area contributed by atoms with E-state index in [0.717, 1.165) is 12.8 Å². The highest BCUT2D eigenvalue weighted by Gasteiger charge is 2.38. The number of halogens is 3. The Bertz CT molecular complexity index is 776. The summed E-state index contributed by atoms with van der Waals surface area (Å²) in [4.78, 5) is 15.2. The second kappa shape index (κ2) is 9.05. The molecule has 2 aliphatic rings. The predicted molar refractivity (Wildman–Crippen MR) is 97.8 cm³/mol. The van der Waals surface area contributed by atoms with Crippen LogP contribution in [0.2, 0.25) is 0 Å². The number of ether oxygens (including phenoxy) is 1. The normalized spacial score (nSPS) is 24.3. The van der Waals surface area contributed by atoms with Gasteiger partial charge in [0.1, 0.15) is 12.3 Å². The molecule has 0 N–H and O–H groups in total. The highest BCUT2D eigenvalue weighted by Crippen LogP contribution is 2.23. The van der Waals surface area contributed by atoms with Crippen molar-refractivity contribution < 1.29 is 35.5 Å². The minimum absolute atomic E-state index is 0.0204. The second-order valence-corrected chi connectivity index (χ2v) is 9.79. The highest BCUT2D eigenvalue weighted by molar-refractivity contribution is 7.91. The molecule has 0 saturated carbocycles. The van der Waals surface area contributed by atoms with Gasteiger partial charge in [0.15, 0.2) is 9.84 Å². The first-order valence-electron chi connectivity index (χ1n) is 9.54. The van der Waals surface area contributed by atoms with E-state index < -0.39 is 34.5 Å². The van der Waals surface area contributed by atoms with Crippen LogP contribution < -0.4 is 0 Å². The summed E-state index contributed by atoms with van der Waals surface area (Å²) in [6, 6.07) is 2.65. The summed E-state index contributed by atoms with van der Waals surface area (Å²) in [7, 11) is -3.20. The minimum atomic E-state index is -4.56. The van der Waals surface area contributed by atoms with Gasteiger partial charge in [-0.15, -0.1) is 0 Å². The molecule has 1 aromatic rings. The summed E-state index contributed by atoms with van der Waals surface area (Å²) in [5.41, 5.74) is 0. The maximum absolute atomic E-state index is 13.0. The van der Waals surface area contributed by atoms with Crippen molar-refractivity contribution in [3.05, 3.63) is 24.2 Å². The molecule has 1 amide bonds. The molecule has 3 heterocycles. The van der Waals surface area contributed by atoms with Crippen LogP contribution in [-0.2, 0) is 25.9 Å². The molecular formula is C18H25F3N2O5S. The van der Waals surface area contributed by atoms with E-state index in [2.05, 4.69) is 0 Å². The van der Waals surface area contributed by atoms with Crippen LogP contribution in [0.25, 0.3) is 0 Å². The molecule has 2 aliphatic heterocycles. The van der Waals surface area contributed by atoms with E-state index >= 15 is 0 Å². The highest BCUT2D eigenvalue weighted by atomic mass is 32.2. The topological polar surface area (TPSA) is 80.1 Å². The summed E-state index contributed by atoms with van der Waals surface area (Å²) >= 11 is 0. The van der Waals surface area contributed by atoms with Gasteiger partial charge in [0.05, 0.1) is 37.0 Å². The zero-order chi connectivity index (χ0) is 21.1. The molecule has 3 rings (SSSR count). The molecule has 0 bridgehead atoms. The maximum Gasteiger partial charge on any atom is 0.406 e.